The van der Waals surface area contributed by atoms with E-state index in [2.05, 4.69) is 5.10 Å². The first-order valence-corrected chi connectivity index (χ1v) is 6.90. The molecule has 0 N–H and O–H groups in total. The molecule has 0 aromatic carbocycles. The third-order valence-electron chi connectivity index (χ3n) is 2.32. The first kappa shape index (κ1) is 13.5. The molecule has 1 heterocycles. The van der Waals surface area contributed by atoms with E-state index in [1.54, 1.807) is 38.1 Å². The van der Waals surface area contributed by atoms with Crippen molar-refractivity contribution in [2.75, 3.05) is 12.9 Å². The lowest BCUT2D eigenvalue weighted by atomic mass is 10.4. The summed E-state index contributed by atoms with van der Waals surface area (Å²) < 4.78 is 26.7. The number of alkyl halides is 1. The van der Waals surface area contributed by atoms with Gasteiger partial charge in [0.2, 0.25) is 10.0 Å². The molecule has 1 aromatic heterocycles. The van der Waals surface area contributed by atoms with E-state index in [4.69, 9.17) is 11.6 Å². The molecule has 0 bridgehead atoms. The molecule has 92 valence electrons. The van der Waals surface area contributed by atoms with E-state index in [9.17, 15) is 8.42 Å². The largest absolute Gasteiger partial charge is 0.275 e. The Hall–Kier alpha value is -0.590. The van der Waals surface area contributed by atoms with Crippen LogP contribution in [0.2, 0.25) is 0 Å². The standard InChI is InChI=1S/C9H16ClN3O2S/c1-8(4-10)16(14,15)13(3)7-9-5-11-12(2)6-9/h5-6,8H,4,7H2,1-3H3. The summed E-state index contributed by atoms with van der Waals surface area (Å²) in [4.78, 5) is 0. The molecule has 0 amide bonds. The molecule has 1 unspecified atom stereocenters. The van der Waals surface area contributed by atoms with E-state index in [0.717, 1.165) is 5.56 Å². The Morgan fingerprint density at radius 2 is 2.25 bits per heavy atom. The predicted octanol–water partition coefficient (Wildman–Crippen LogP) is 0.809. The highest BCUT2D eigenvalue weighted by atomic mass is 35.5. The Morgan fingerprint density at radius 3 is 2.69 bits per heavy atom. The predicted molar refractivity (Wildman–Crippen MR) is 63.8 cm³/mol. The lowest BCUT2D eigenvalue weighted by molar-refractivity contribution is 0.460. The van der Waals surface area contributed by atoms with Crippen molar-refractivity contribution in [3.63, 3.8) is 0 Å². The van der Waals surface area contributed by atoms with E-state index in [0.29, 0.717) is 6.54 Å². The van der Waals surface area contributed by atoms with Gasteiger partial charge in [0, 0.05) is 38.3 Å². The maximum Gasteiger partial charge on any atom is 0.217 e. The van der Waals surface area contributed by atoms with Gasteiger partial charge in [-0.3, -0.25) is 4.68 Å². The quantitative estimate of drug-likeness (QED) is 0.741. The smallest absolute Gasteiger partial charge is 0.217 e. The van der Waals surface area contributed by atoms with Crippen molar-refractivity contribution in [1.29, 1.82) is 0 Å². The number of nitrogens with zero attached hydrogens (tertiary/aromatic N) is 3. The highest BCUT2D eigenvalue weighted by molar-refractivity contribution is 7.89. The van der Waals surface area contributed by atoms with Gasteiger partial charge in [-0.25, -0.2) is 12.7 Å². The van der Waals surface area contributed by atoms with E-state index in [-0.39, 0.29) is 5.88 Å². The van der Waals surface area contributed by atoms with Gasteiger partial charge in [-0.05, 0) is 6.92 Å². The summed E-state index contributed by atoms with van der Waals surface area (Å²) in [6, 6.07) is 0. The van der Waals surface area contributed by atoms with E-state index >= 15 is 0 Å². The average Bonchev–Trinajstić information content (AvgIpc) is 2.62. The van der Waals surface area contributed by atoms with Crippen molar-refractivity contribution in [3.8, 4) is 0 Å². The number of aryl methyl sites for hydroxylation is 1. The second kappa shape index (κ2) is 5.16. The number of rotatable bonds is 5. The van der Waals surface area contributed by atoms with Gasteiger partial charge in [0.15, 0.2) is 0 Å². The molecule has 0 aliphatic rings. The summed E-state index contributed by atoms with van der Waals surface area (Å²) in [6.07, 6.45) is 3.44. The minimum absolute atomic E-state index is 0.0969. The molecule has 1 aromatic rings. The van der Waals surface area contributed by atoms with Crippen LogP contribution in [0.4, 0.5) is 0 Å². The molecule has 1 rings (SSSR count). The number of halogens is 1. The monoisotopic (exact) mass is 265 g/mol. The summed E-state index contributed by atoms with van der Waals surface area (Å²) in [6.45, 7) is 1.92. The highest BCUT2D eigenvalue weighted by Gasteiger charge is 2.25. The zero-order valence-electron chi connectivity index (χ0n) is 9.59. The van der Waals surface area contributed by atoms with Crippen LogP contribution in [-0.2, 0) is 23.6 Å². The van der Waals surface area contributed by atoms with Gasteiger partial charge in [0.25, 0.3) is 0 Å². The Morgan fingerprint density at radius 1 is 1.62 bits per heavy atom. The fourth-order valence-electron chi connectivity index (χ4n) is 1.29. The number of hydrogen-bond acceptors (Lipinski definition) is 3. The van der Waals surface area contributed by atoms with Crippen LogP contribution in [0.5, 0.6) is 0 Å². The van der Waals surface area contributed by atoms with Crippen molar-refractivity contribution in [2.24, 2.45) is 7.05 Å². The normalized spacial score (nSPS) is 14.3. The van der Waals surface area contributed by atoms with Crippen LogP contribution in [0.1, 0.15) is 12.5 Å². The second-order valence-electron chi connectivity index (χ2n) is 3.79. The topological polar surface area (TPSA) is 55.2 Å². The van der Waals surface area contributed by atoms with Crippen molar-refractivity contribution < 1.29 is 8.42 Å². The lowest BCUT2D eigenvalue weighted by Crippen LogP contribution is -2.35. The fourth-order valence-corrected chi connectivity index (χ4v) is 2.87. The highest BCUT2D eigenvalue weighted by Crippen LogP contribution is 2.12. The van der Waals surface area contributed by atoms with Crippen LogP contribution >= 0.6 is 11.6 Å². The molecule has 7 heteroatoms. The molecular weight excluding hydrogens is 250 g/mol. The Kier molecular flexibility index (Phi) is 4.35. The summed E-state index contributed by atoms with van der Waals surface area (Å²) in [5, 5.41) is 3.41. The Bertz CT molecular complexity index is 443. The molecule has 5 nitrogen and oxygen atoms in total. The van der Waals surface area contributed by atoms with Crippen molar-refractivity contribution in [3.05, 3.63) is 18.0 Å². The molecule has 0 saturated heterocycles. The summed E-state index contributed by atoms with van der Waals surface area (Å²) in [5.74, 6) is 0.0969. The first-order valence-electron chi connectivity index (χ1n) is 4.86. The van der Waals surface area contributed by atoms with Crippen LogP contribution in [-0.4, -0.2) is 40.7 Å². The Balaban J connectivity index is 2.76. The number of sulfonamides is 1. The fraction of sp³-hybridized carbons (Fsp3) is 0.667. The molecule has 1 atom stereocenters. The third-order valence-corrected chi connectivity index (χ3v) is 5.15. The maximum absolute atomic E-state index is 11.9. The van der Waals surface area contributed by atoms with E-state index < -0.39 is 15.3 Å². The van der Waals surface area contributed by atoms with Gasteiger partial charge in [-0.15, -0.1) is 11.6 Å². The molecule has 16 heavy (non-hydrogen) atoms. The second-order valence-corrected chi connectivity index (χ2v) is 6.55. The average molecular weight is 266 g/mol. The number of hydrogen-bond donors (Lipinski definition) is 0. The maximum atomic E-state index is 11.9. The van der Waals surface area contributed by atoms with Gasteiger partial charge < -0.3 is 0 Å². The summed E-state index contributed by atoms with van der Waals surface area (Å²) >= 11 is 5.57. The van der Waals surface area contributed by atoms with Crippen molar-refractivity contribution in [2.45, 2.75) is 18.7 Å². The minimum atomic E-state index is -3.31. The van der Waals surface area contributed by atoms with Crippen LogP contribution in [0, 0.1) is 0 Å². The van der Waals surface area contributed by atoms with Gasteiger partial charge in [0.1, 0.15) is 0 Å². The van der Waals surface area contributed by atoms with Gasteiger partial charge in [0.05, 0.1) is 11.4 Å². The zero-order chi connectivity index (χ0) is 12.3. The third kappa shape index (κ3) is 2.96. The first-order chi connectivity index (χ1) is 7.37. The van der Waals surface area contributed by atoms with Gasteiger partial charge in [-0.2, -0.15) is 5.10 Å². The molecule has 0 fully saturated rings. The summed E-state index contributed by atoms with van der Waals surface area (Å²) in [7, 11) is 0.0244. The van der Waals surface area contributed by atoms with Gasteiger partial charge in [-0.1, -0.05) is 0 Å². The van der Waals surface area contributed by atoms with E-state index in [1.165, 1.54) is 4.31 Å². The molecule has 0 spiro atoms. The van der Waals surface area contributed by atoms with Crippen LogP contribution in [0.3, 0.4) is 0 Å². The van der Waals surface area contributed by atoms with Gasteiger partial charge >= 0.3 is 0 Å². The molecular formula is C9H16ClN3O2S. The van der Waals surface area contributed by atoms with Crippen LogP contribution < -0.4 is 0 Å². The molecule has 0 radical (unpaired) electrons. The molecule has 0 aliphatic heterocycles. The SMILES string of the molecule is CC(CCl)S(=O)(=O)N(C)Cc1cnn(C)c1. The number of aromatic nitrogens is 2. The van der Waals surface area contributed by atoms with Crippen LogP contribution in [0.25, 0.3) is 0 Å². The summed E-state index contributed by atoms with van der Waals surface area (Å²) in [5.41, 5.74) is 0.857. The molecule has 0 aliphatic carbocycles. The zero-order valence-corrected chi connectivity index (χ0v) is 11.2. The van der Waals surface area contributed by atoms with E-state index in [1.807, 2.05) is 0 Å². The lowest BCUT2D eigenvalue weighted by Gasteiger charge is -2.19. The minimum Gasteiger partial charge on any atom is -0.275 e. The van der Waals surface area contributed by atoms with Crippen molar-refractivity contribution >= 4 is 21.6 Å². The van der Waals surface area contributed by atoms with Crippen LogP contribution in [0.15, 0.2) is 12.4 Å². The molecule has 0 saturated carbocycles. The van der Waals surface area contributed by atoms with Crippen molar-refractivity contribution in [1.82, 2.24) is 14.1 Å². The Labute approximate surface area is 101 Å².